The monoisotopic (exact) mass is 405 g/mol. The maximum Gasteiger partial charge on any atom is 0.363 e. The van der Waals surface area contributed by atoms with Gasteiger partial charge in [0.15, 0.2) is 17.2 Å². The Bertz CT molecular complexity index is 995. The molecule has 0 aromatic heterocycles. The molecule has 1 aliphatic rings. The highest BCUT2D eigenvalue weighted by Gasteiger charge is 2.25. The summed E-state index contributed by atoms with van der Waals surface area (Å²) in [5.74, 6) is 1.05. The fraction of sp³-hybridized carbons (Fsp3) is 0.280. The molecular formula is C25H27NO4. The van der Waals surface area contributed by atoms with Gasteiger partial charge in [-0.3, -0.25) is 0 Å². The third-order valence-corrected chi connectivity index (χ3v) is 4.55. The summed E-state index contributed by atoms with van der Waals surface area (Å²) < 4.78 is 16.7. The number of carbonyl (C=O) groups excluding carboxylic acids is 1. The molecule has 1 heterocycles. The summed E-state index contributed by atoms with van der Waals surface area (Å²) in [4.78, 5) is 16.7. The van der Waals surface area contributed by atoms with Gasteiger partial charge in [0.05, 0.1) is 6.61 Å². The van der Waals surface area contributed by atoms with Crippen LogP contribution < -0.4 is 9.47 Å². The molecular weight excluding hydrogens is 378 g/mol. The first kappa shape index (κ1) is 21.4. The summed E-state index contributed by atoms with van der Waals surface area (Å²) in [5, 5.41) is 0. The summed E-state index contributed by atoms with van der Waals surface area (Å²) in [6.07, 6.45) is 3.35. The molecule has 0 atom stereocenters. The van der Waals surface area contributed by atoms with Crippen LogP contribution in [0, 0.1) is 0 Å². The Morgan fingerprint density at radius 2 is 1.80 bits per heavy atom. The van der Waals surface area contributed by atoms with Gasteiger partial charge in [0.25, 0.3) is 0 Å². The molecule has 0 amide bonds. The first-order valence-electron chi connectivity index (χ1n) is 9.96. The molecule has 0 spiro atoms. The highest BCUT2D eigenvalue weighted by atomic mass is 16.6. The molecule has 5 heteroatoms. The molecule has 156 valence electrons. The van der Waals surface area contributed by atoms with Crippen LogP contribution in [-0.4, -0.2) is 25.1 Å². The number of hydrogen-bond acceptors (Lipinski definition) is 5. The number of carbonyl (C=O) groups is 1. The van der Waals surface area contributed by atoms with Crippen LogP contribution >= 0.6 is 0 Å². The third-order valence-electron chi connectivity index (χ3n) is 4.55. The van der Waals surface area contributed by atoms with E-state index in [1.165, 1.54) is 5.56 Å². The summed E-state index contributed by atoms with van der Waals surface area (Å²) in [6.45, 7) is 12.9. The maximum absolute atomic E-state index is 12.3. The molecule has 5 nitrogen and oxygen atoms in total. The number of benzene rings is 2. The normalized spacial score (nSPS) is 15.0. The zero-order valence-electron chi connectivity index (χ0n) is 17.9. The van der Waals surface area contributed by atoms with Crippen LogP contribution in [0.4, 0.5) is 0 Å². The minimum Gasteiger partial charge on any atom is -0.490 e. The molecule has 2 aromatic rings. The molecule has 0 fully saturated rings. The average Bonchev–Trinajstić information content (AvgIpc) is 3.07. The van der Waals surface area contributed by atoms with Crippen LogP contribution in [0.3, 0.4) is 0 Å². The van der Waals surface area contributed by atoms with Crippen molar-refractivity contribution in [1.82, 2.24) is 0 Å². The van der Waals surface area contributed by atoms with Crippen molar-refractivity contribution in [3.8, 4) is 11.5 Å². The lowest BCUT2D eigenvalue weighted by Crippen LogP contribution is -2.11. The van der Waals surface area contributed by atoms with Crippen LogP contribution in [-0.2, 0) is 14.9 Å². The zero-order valence-corrected chi connectivity index (χ0v) is 17.9. The van der Waals surface area contributed by atoms with Gasteiger partial charge in [0, 0.05) is 5.56 Å². The van der Waals surface area contributed by atoms with E-state index in [-0.39, 0.29) is 11.1 Å². The molecule has 2 aromatic carbocycles. The van der Waals surface area contributed by atoms with E-state index in [1.54, 1.807) is 18.2 Å². The average molecular weight is 405 g/mol. The second-order valence-corrected chi connectivity index (χ2v) is 7.90. The number of rotatable bonds is 7. The lowest BCUT2D eigenvalue weighted by atomic mass is 9.87. The van der Waals surface area contributed by atoms with E-state index in [1.807, 2.05) is 43.3 Å². The van der Waals surface area contributed by atoms with Gasteiger partial charge in [0.1, 0.15) is 6.61 Å². The minimum absolute atomic E-state index is 0.0531. The lowest BCUT2D eigenvalue weighted by molar-refractivity contribution is -0.129. The van der Waals surface area contributed by atoms with Gasteiger partial charge in [-0.05, 0) is 53.8 Å². The van der Waals surface area contributed by atoms with Crippen molar-refractivity contribution >= 4 is 17.9 Å². The van der Waals surface area contributed by atoms with E-state index < -0.39 is 5.97 Å². The van der Waals surface area contributed by atoms with Crippen LogP contribution in [0.2, 0.25) is 0 Å². The van der Waals surface area contributed by atoms with E-state index in [0.29, 0.717) is 30.6 Å². The predicted octanol–water partition coefficient (Wildman–Crippen LogP) is 5.29. The standard InChI is InChI=1S/C25H27NO4/c1-6-14-29-21-13-8-17(16-22(21)28-7-2)15-20-24(27)30-23(26-20)18-9-11-19(12-10-18)25(3,4)5/h6,8-13,15-16H,1,7,14H2,2-5H3. The topological polar surface area (TPSA) is 57.1 Å². The van der Waals surface area contributed by atoms with Gasteiger partial charge in [0.2, 0.25) is 5.90 Å². The van der Waals surface area contributed by atoms with Gasteiger partial charge >= 0.3 is 5.97 Å². The van der Waals surface area contributed by atoms with Crippen molar-refractivity contribution in [1.29, 1.82) is 0 Å². The number of hydrogen-bond donors (Lipinski definition) is 0. The van der Waals surface area contributed by atoms with E-state index in [4.69, 9.17) is 14.2 Å². The fourth-order valence-corrected chi connectivity index (χ4v) is 2.95. The second-order valence-electron chi connectivity index (χ2n) is 7.90. The molecule has 0 bridgehead atoms. The SMILES string of the molecule is C=CCOc1ccc(C=C2N=C(c3ccc(C(C)(C)C)cc3)OC2=O)cc1OCC. The van der Waals surface area contributed by atoms with Gasteiger partial charge in [-0.1, -0.05) is 51.6 Å². The Kier molecular flexibility index (Phi) is 6.40. The minimum atomic E-state index is -0.477. The summed E-state index contributed by atoms with van der Waals surface area (Å²) >= 11 is 0. The summed E-state index contributed by atoms with van der Waals surface area (Å²) in [6, 6.07) is 13.4. The van der Waals surface area contributed by atoms with Gasteiger partial charge in [-0.25, -0.2) is 9.79 Å². The van der Waals surface area contributed by atoms with Crippen LogP contribution in [0.5, 0.6) is 11.5 Å². The molecule has 3 rings (SSSR count). The van der Waals surface area contributed by atoms with Crippen molar-refractivity contribution in [2.45, 2.75) is 33.1 Å². The molecule has 0 saturated heterocycles. The highest BCUT2D eigenvalue weighted by Crippen LogP contribution is 2.30. The first-order valence-corrected chi connectivity index (χ1v) is 9.96. The Balaban J connectivity index is 1.86. The lowest BCUT2D eigenvalue weighted by Gasteiger charge is -2.18. The quantitative estimate of drug-likeness (QED) is 0.357. The van der Waals surface area contributed by atoms with E-state index in [9.17, 15) is 4.79 Å². The Morgan fingerprint density at radius 1 is 1.07 bits per heavy atom. The highest BCUT2D eigenvalue weighted by molar-refractivity contribution is 6.12. The smallest absolute Gasteiger partial charge is 0.363 e. The van der Waals surface area contributed by atoms with Crippen molar-refractivity contribution in [2.24, 2.45) is 4.99 Å². The number of esters is 1. The zero-order chi connectivity index (χ0) is 21.7. The van der Waals surface area contributed by atoms with E-state index in [2.05, 4.69) is 32.3 Å². The van der Waals surface area contributed by atoms with E-state index >= 15 is 0 Å². The molecule has 0 N–H and O–H groups in total. The van der Waals surface area contributed by atoms with E-state index in [0.717, 1.165) is 11.1 Å². The Hall–Kier alpha value is -3.34. The number of aliphatic imine (C=N–C) groups is 1. The Morgan fingerprint density at radius 3 is 2.43 bits per heavy atom. The van der Waals surface area contributed by atoms with Gasteiger partial charge in [-0.2, -0.15) is 0 Å². The van der Waals surface area contributed by atoms with Crippen LogP contribution in [0.15, 0.2) is 65.8 Å². The van der Waals surface area contributed by atoms with Crippen molar-refractivity contribution in [3.63, 3.8) is 0 Å². The van der Waals surface area contributed by atoms with Crippen LogP contribution in [0.25, 0.3) is 6.08 Å². The molecule has 0 saturated carbocycles. The molecule has 30 heavy (non-hydrogen) atoms. The largest absolute Gasteiger partial charge is 0.490 e. The maximum atomic E-state index is 12.3. The fourth-order valence-electron chi connectivity index (χ4n) is 2.95. The summed E-state index contributed by atoms with van der Waals surface area (Å²) in [5.41, 5.74) is 3.03. The van der Waals surface area contributed by atoms with Crippen molar-refractivity contribution in [2.75, 3.05) is 13.2 Å². The first-order chi connectivity index (χ1) is 14.3. The Labute approximate surface area is 177 Å². The molecule has 0 unspecified atom stereocenters. The van der Waals surface area contributed by atoms with Crippen molar-refractivity contribution < 1.29 is 19.0 Å². The third kappa shape index (κ3) is 4.98. The number of cyclic esters (lactones) is 1. The summed E-state index contributed by atoms with van der Waals surface area (Å²) in [7, 11) is 0. The van der Waals surface area contributed by atoms with Crippen molar-refractivity contribution in [3.05, 3.63) is 77.5 Å². The number of nitrogens with zero attached hydrogens (tertiary/aromatic N) is 1. The van der Waals surface area contributed by atoms with Gasteiger partial charge < -0.3 is 14.2 Å². The predicted molar refractivity (Wildman–Crippen MR) is 119 cm³/mol. The van der Waals surface area contributed by atoms with Crippen LogP contribution in [0.1, 0.15) is 44.4 Å². The molecule has 0 radical (unpaired) electrons. The van der Waals surface area contributed by atoms with Gasteiger partial charge in [-0.15, -0.1) is 0 Å². The molecule has 1 aliphatic heterocycles. The second kappa shape index (κ2) is 8.99. The molecule has 0 aliphatic carbocycles. The number of ether oxygens (including phenoxy) is 3.